The Balaban J connectivity index is 2.03. The van der Waals surface area contributed by atoms with Crippen LogP contribution in [0, 0.1) is 5.92 Å². The minimum absolute atomic E-state index is 0.000741. The van der Waals surface area contributed by atoms with Gasteiger partial charge in [0.15, 0.2) is 0 Å². The van der Waals surface area contributed by atoms with Crippen molar-refractivity contribution in [2.24, 2.45) is 5.92 Å². The molecule has 3 N–H and O–H groups in total. The number of hydrogen-bond acceptors (Lipinski definition) is 6. The van der Waals surface area contributed by atoms with Gasteiger partial charge in [0.25, 0.3) is 5.91 Å². The highest BCUT2D eigenvalue weighted by Gasteiger charge is 2.37. The Hall–Kier alpha value is -1.63. The van der Waals surface area contributed by atoms with Gasteiger partial charge in [0, 0.05) is 12.1 Å². The summed E-state index contributed by atoms with van der Waals surface area (Å²) >= 11 is 0. The fourth-order valence-corrected chi connectivity index (χ4v) is 3.04. The van der Waals surface area contributed by atoms with Crippen LogP contribution in [0.4, 0.5) is 5.82 Å². The molecule has 2 rings (SSSR count). The van der Waals surface area contributed by atoms with Crippen molar-refractivity contribution >= 4 is 11.7 Å². The summed E-state index contributed by atoms with van der Waals surface area (Å²) in [5, 5.41) is 9.86. The lowest BCUT2D eigenvalue weighted by Crippen LogP contribution is -2.55. The molecule has 0 aliphatic heterocycles. The zero-order chi connectivity index (χ0) is 14.8. The Bertz CT molecular complexity index is 473. The summed E-state index contributed by atoms with van der Waals surface area (Å²) in [5.41, 5.74) is 5.58. The van der Waals surface area contributed by atoms with E-state index < -0.39 is 0 Å². The van der Waals surface area contributed by atoms with Gasteiger partial charge in [0.05, 0.1) is 0 Å². The molecule has 1 aliphatic carbocycles. The van der Waals surface area contributed by atoms with Gasteiger partial charge in [-0.2, -0.15) is 0 Å². The molecule has 112 valence electrons. The second kappa shape index (κ2) is 5.78. The summed E-state index contributed by atoms with van der Waals surface area (Å²) in [7, 11) is 4.13. The van der Waals surface area contributed by atoms with Crippen molar-refractivity contribution in [1.29, 1.82) is 0 Å². The van der Waals surface area contributed by atoms with Crippen LogP contribution in [0.1, 0.15) is 43.1 Å². The summed E-state index contributed by atoms with van der Waals surface area (Å²) < 4.78 is 4.45. The average Bonchev–Trinajstić information content (AvgIpc) is 2.82. The lowest BCUT2D eigenvalue weighted by molar-refractivity contribution is 0.0671. The van der Waals surface area contributed by atoms with Crippen molar-refractivity contribution in [2.45, 2.75) is 38.1 Å². The summed E-state index contributed by atoms with van der Waals surface area (Å²) in [4.78, 5) is 14.3. The Kier molecular flexibility index (Phi) is 4.27. The van der Waals surface area contributed by atoms with Gasteiger partial charge in [-0.3, -0.25) is 4.79 Å². The smallest absolute Gasteiger partial charge is 0.277 e. The van der Waals surface area contributed by atoms with E-state index in [4.69, 9.17) is 5.73 Å². The molecule has 1 amide bonds. The third-order valence-electron chi connectivity index (χ3n) is 4.32. The van der Waals surface area contributed by atoms with Crippen molar-refractivity contribution in [3.8, 4) is 0 Å². The van der Waals surface area contributed by atoms with E-state index in [9.17, 15) is 4.79 Å². The number of carbonyl (C=O) groups excluding carboxylic acids is 1. The highest BCUT2D eigenvalue weighted by Crippen LogP contribution is 2.35. The van der Waals surface area contributed by atoms with Gasteiger partial charge in [-0.05, 0) is 43.2 Å². The average molecular weight is 281 g/mol. The first kappa shape index (κ1) is 14.8. The molecule has 2 unspecified atom stereocenters. The quantitative estimate of drug-likeness (QED) is 0.850. The number of amides is 1. The van der Waals surface area contributed by atoms with Crippen LogP contribution < -0.4 is 11.1 Å². The fourth-order valence-electron chi connectivity index (χ4n) is 3.04. The van der Waals surface area contributed by atoms with Crippen LogP contribution in [-0.2, 0) is 0 Å². The molecule has 0 radical (unpaired) electrons. The number of carbonyl (C=O) groups is 1. The molecule has 1 aromatic rings. The number of nitrogens with one attached hydrogen (secondary N) is 1. The molecule has 2 atom stereocenters. The maximum Gasteiger partial charge on any atom is 0.277 e. The number of nitrogens with zero attached hydrogens (tertiary/aromatic N) is 3. The minimum atomic E-state index is -0.330. The van der Waals surface area contributed by atoms with Gasteiger partial charge in [-0.1, -0.05) is 19.8 Å². The van der Waals surface area contributed by atoms with Gasteiger partial charge in [-0.25, -0.2) is 4.63 Å². The molecule has 20 heavy (non-hydrogen) atoms. The zero-order valence-corrected chi connectivity index (χ0v) is 12.3. The van der Waals surface area contributed by atoms with Crippen LogP contribution in [0.15, 0.2) is 4.63 Å². The standard InChI is InChI=1S/C13H23N5O2/c1-9-5-4-6-13(7-9,18(2)3)8-15-12(19)10-11(14)17-20-16-10/h9H,4-8H2,1-3H3,(H2,14,17)(H,15,19). The van der Waals surface area contributed by atoms with Crippen molar-refractivity contribution in [2.75, 3.05) is 26.4 Å². The Morgan fingerprint density at radius 1 is 1.55 bits per heavy atom. The molecule has 7 heteroatoms. The number of rotatable bonds is 4. The number of aromatic nitrogens is 2. The summed E-state index contributed by atoms with van der Waals surface area (Å²) in [5.74, 6) is 0.364. The van der Waals surface area contributed by atoms with Crippen LogP contribution in [0.2, 0.25) is 0 Å². The van der Waals surface area contributed by atoms with E-state index in [-0.39, 0.29) is 23.0 Å². The second-order valence-electron chi connectivity index (χ2n) is 6.00. The predicted octanol–water partition coefficient (Wildman–Crippen LogP) is 0.892. The monoisotopic (exact) mass is 281 g/mol. The van der Waals surface area contributed by atoms with E-state index in [1.807, 2.05) is 0 Å². The Labute approximate surface area is 118 Å². The van der Waals surface area contributed by atoms with E-state index >= 15 is 0 Å². The molecule has 0 aromatic carbocycles. The number of nitrogens with two attached hydrogens (primary N) is 1. The van der Waals surface area contributed by atoms with Crippen molar-refractivity contribution < 1.29 is 9.42 Å². The van der Waals surface area contributed by atoms with Crippen LogP contribution in [0.25, 0.3) is 0 Å². The third kappa shape index (κ3) is 2.92. The lowest BCUT2D eigenvalue weighted by atomic mass is 9.75. The zero-order valence-electron chi connectivity index (χ0n) is 12.3. The lowest BCUT2D eigenvalue weighted by Gasteiger charge is -2.45. The fraction of sp³-hybridized carbons (Fsp3) is 0.769. The molecule has 0 saturated heterocycles. The van der Waals surface area contributed by atoms with Crippen molar-refractivity contribution in [3.05, 3.63) is 5.69 Å². The Morgan fingerprint density at radius 2 is 2.30 bits per heavy atom. The third-order valence-corrected chi connectivity index (χ3v) is 4.32. The highest BCUT2D eigenvalue weighted by atomic mass is 16.6. The van der Waals surface area contributed by atoms with Gasteiger partial charge >= 0.3 is 0 Å². The molecule has 1 heterocycles. The SMILES string of the molecule is CC1CCCC(CNC(=O)c2nonc2N)(N(C)C)C1. The van der Waals surface area contributed by atoms with Crippen LogP contribution in [-0.4, -0.2) is 47.3 Å². The van der Waals surface area contributed by atoms with Gasteiger partial charge in [0.1, 0.15) is 0 Å². The van der Waals surface area contributed by atoms with Crippen LogP contribution in [0.5, 0.6) is 0 Å². The molecule has 1 aromatic heterocycles. The molecule has 1 saturated carbocycles. The van der Waals surface area contributed by atoms with E-state index in [0.717, 1.165) is 12.8 Å². The molecule has 1 aliphatic rings. The normalized spacial score (nSPS) is 26.7. The summed E-state index contributed by atoms with van der Waals surface area (Å²) in [6, 6.07) is 0. The maximum absolute atomic E-state index is 12.0. The molecule has 0 bridgehead atoms. The second-order valence-corrected chi connectivity index (χ2v) is 6.00. The highest BCUT2D eigenvalue weighted by molar-refractivity contribution is 5.96. The molecular weight excluding hydrogens is 258 g/mol. The van der Waals surface area contributed by atoms with E-state index in [1.54, 1.807) is 0 Å². The van der Waals surface area contributed by atoms with Gasteiger partial charge in [0.2, 0.25) is 11.5 Å². The molecule has 1 fully saturated rings. The maximum atomic E-state index is 12.0. The van der Waals surface area contributed by atoms with E-state index in [1.165, 1.54) is 12.8 Å². The first-order valence-corrected chi connectivity index (χ1v) is 6.98. The Morgan fingerprint density at radius 3 is 2.85 bits per heavy atom. The number of likely N-dealkylation sites (N-methyl/N-ethyl adjacent to an activating group) is 1. The van der Waals surface area contributed by atoms with Gasteiger partial charge in [-0.15, -0.1) is 0 Å². The molecule has 0 spiro atoms. The largest absolute Gasteiger partial charge is 0.379 e. The number of hydrogen-bond donors (Lipinski definition) is 2. The van der Waals surface area contributed by atoms with Crippen molar-refractivity contribution in [3.63, 3.8) is 0 Å². The van der Waals surface area contributed by atoms with E-state index in [0.29, 0.717) is 12.5 Å². The van der Waals surface area contributed by atoms with E-state index in [2.05, 4.69) is 46.2 Å². The summed E-state index contributed by atoms with van der Waals surface area (Å²) in [6.45, 7) is 2.84. The number of nitrogen functional groups attached to an aromatic ring is 1. The first-order chi connectivity index (χ1) is 9.44. The van der Waals surface area contributed by atoms with Gasteiger partial charge < -0.3 is 16.0 Å². The van der Waals surface area contributed by atoms with Crippen LogP contribution in [0.3, 0.4) is 0 Å². The molecule has 7 nitrogen and oxygen atoms in total. The first-order valence-electron chi connectivity index (χ1n) is 6.98. The predicted molar refractivity (Wildman–Crippen MR) is 75.1 cm³/mol. The number of anilines is 1. The molecular formula is C13H23N5O2. The van der Waals surface area contributed by atoms with Crippen molar-refractivity contribution in [1.82, 2.24) is 20.5 Å². The summed E-state index contributed by atoms with van der Waals surface area (Å²) in [6.07, 6.45) is 4.59. The van der Waals surface area contributed by atoms with Crippen LogP contribution >= 0.6 is 0 Å². The topological polar surface area (TPSA) is 97.3 Å². The minimum Gasteiger partial charge on any atom is -0.379 e.